The van der Waals surface area contributed by atoms with Crippen LogP contribution in [-0.4, -0.2) is 30.4 Å². The molecule has 3 aromatic heterocycles. The van der Waals surface area contributed by atoms with Crippen molar-refractivity contribution in [3.05, 3.63) is 18.6 Å². The maximum Gasteiger partial charge on any atom is 0.284 e. The van der Waals surface area contributed by atoms with E-state index in [1.165, 1.54) is 12.4 Å². The Morgan fingerprint density at radius 2 is 2.06 bits per heavy atom. The molecule has 3 aromatic rings. The Hall–Kier alpha value is -2.84. The number of hydrogen-bond acceptors (Lipinski definition) is 9. The average molecular weight is 231 g/mol. The molecule has 2 N–H and O–H groups in total. The molecule has 0 amide bonds. The minimum Gasteiger partial charge on any atom is -0.379 e. The van der Waals surface area contributed by atoms with Gasteiger partial charge in [-0.15, -0.1) is 0 Å². The summed E-state index contributed by atoms with van der Waals surface area (Å²) in [7, 11) is 0. The first kappa shape index (κ1) is 9.39. The van der Waals surface area contributed by atoms with Crippen LogP contribution in [0.1, 0.15) is 0 Å². The van der Waals surface area contributed by atoms with E-state index in [1.807, 2.05) is 0 Å². The van der Waals surface area contributed by atoms with Gasteiger partial charge in [-0.2, -0.15) is 4.98 Å². The molecule has 0 unspecified atom stereocenters. The topological polar surface area (TPSA) is 130 Å². The normalized spacial score (nSPS) is 10.6. The molecule has 3 rings (SSSR count). The van der Waals surface area contributed by atoms with Crippen LogP contribution in [0, 0.1) is 0 Å². The molecule has 0 aliphatic carbocycles. The van der Waals surface area contributed by atoms with Gasteiger partial charge in [0.05, 0.1) is 6.20 Å². The number of hydrogen-bond donors (Lipinski definition) is 1. The van der Waals surface area contributed by atoms with Gasteiger partial charge in [-0.1, -0.05) is 5.16 Å². The van der Waals surface area contributed by atoms with E-state index in [0.29, 0.717) is 5.69 Å². The van der Waals surface area contributed by atoms with E-state index in [2.05, 4.69) is 35.1 Å². The zero-order chi connectivity index (χ0) is 11.7. The fourth-order valence-corrected chi connectivity index (χ4v) is 1.18. The largest absolute Gasteiger partial charge is 0.379 e. The summed E-state index contributed by atoms with van der Waals surface area (Å²) in [5.41, 5.74) is 6.18. The molecule has 0 saturated carbocycles. The molecular formula is C8H5N7O2. The van der Waals surface area contributed by atoms with Gasteiger partial charge in [-0.05, 0) is 10.3 Å². The van der Waals surface area contributed by atoms with Gasteiger partial charge in [0.25, 0.3) is 5.89 Å². The second kappa shape index (κ2) is 3.63. The highest BCUT2D eigenvalue weighted by Gasteiger charge is 2.18. The summed E-state index contributed by atoms with van der Waals surface area (Å²) in [5, 5.41) is 10.7. The molecular weight excluding hydrogens is 226 g/mol. The molecule has 0 aliphatic rings. The predicted molar refractivity (Wildman–Crippen MR) is 53.0 cm³/mol. The van der Waals surface area contributed by atoms with Gasteiger partial charge >= 0.3 is 0 Å². The quantitative estimate of drug-likeness (QED) is 0.654. The third kappa shape index (κ3) is 1.58. The Kier molecular flexibility index (Phi) is 2.00. The lowest BCUT2D eigenvalue weighted by molar-refractivity contribution is 0.308. The summed E-state index contributed by atoms with van der Waals surface area (Å²) in [4.78, 5) is 12.0. The number of anilines is 1. The number of rotatable bonds is 2. The van der Waals surface area contributed by atoms with Crippen molar-refractivity contribution in [3.63, 3.8) is 0 Å². The third-order valence-electron chi connectivity index (χ3n) is 1.93. The Bertz CT molecular complexity index is 632. The van der Waals surface area contributed by atoms with Gasteiger partial charge in [0, 0.05) is 12.4 Å². The zero-order valence-electron chi connectivity index (χ0n) is 8.31. The molecule has 17 heavy (non-hydrogen) atoms. The van der Waals surface area contributed by atoms with E-state index in [9.17, 15) is 0 Å². The molecule has 0 atom stereocenters. The van der Waals surface area contributed by atoms with Crippen molar-refractivity contribution in [2.75, 3.05) is 5.73 Å². The first-order chi connectivity index (χ1) is 8.34. The van der Waals surface area contributed by atoms with Gasteiger partial charge in [-0.25, -0.2) is 9.61 Å². The van der Waals surface area contributed by atoms with E-state index < -0.39 is 0 Å². The Labute approximate surface area is 93.6 Å². The number of aromatic nitrogens is 6. The van der Waals surface area contributed by atoms with E-state index in [0.717, 1.165) is 0 Å². The second-order valence-electron chi connectivity index (χ2n) is 3.01. The summed E-state index contributed by atoms with van der Waals surface area (Å²) in [6, 6.07) is 0. The monoisotopic (exact) mass is 231 g/mol. The summed E-state index contributed by atoms with van der Waals surface area (Å²) in [6.07, 6.45) is 4.58. The molecule has 0 spiro atoms. The Morgan fingerprint density at radius 3 is 2.76 bits per heavy atom. The predicted octanol–water partition coefficient (Wildman–Crippen LogP) is 0.159. The number of nitrogens with zero attached hydrogens (tertiary/aromatic N) is 6. The summed E-state index contributed by atoms with van der Waals surface area (Å²) in [5.74, 6) is 0.485. The van der Waals surface area contributed by atoms with Crippen LogP contribution in [0.3, 0.4) is 0 Å². The van der Waals surface area contributed by atoms with Crippen molar-refractivity contribution in [1.82, 2.24) is 30.4 Å². The van der Waals surface area contributed by atoms with Crippen LogP contribution in [-0.2, 0) is 0 Å². The highest BCUT2D eigenvalue weighted by molar-refractivity contribution is 5.62. The van der Waals surface area contributed by atoms with Crippen LogP contribution in [0.15, 0.2) is 27.7 Å². The third-order valence-corrected chi connectivity index (χ3v) is 1.93. The minimum atomic E-state index is 0.0827. The molecule has 3 heterocycles. The SMILES string of the molecule is Nc1nonc1-c1nc(-c2cnccn2)no1. The van der Waals surface area contributed by atoms with Crippen LogP contribution in [0.25, 0.3) is 23.1 Å². The molecule has 9 heteroatoms. The van der Waals surface area contributed by atoms with Crippen molar-refractivity contribution in [1.29, 1.82) is 0 Å². The number of nitrogens with two attached hydrogens (primary N) is 1. The lowest BCUT2D eigenvalue weighted by atomic mass is 10.4. The fraction of sp³-hybridized carbons (Fsp3) is 0. The standard InChI is InChI=1S/C8H5N7O2/c9-6-5(13-17-14-6)8-12-7(15-16-8)4-3-10-1-2-11-4/h1-3H,(H2,9,14). The molecule has 0 aromatic carbocycles. The van der Waals surface area contributed by atoms with Crippen LogP contribution < -0.4 is 5.73 Å². The van der Waals surface area contributed by atoms with Crippen molar-refractivity contribution in [2.24, 2.45) is 0 Å². The first-order valence-corrected chi connectivity index (χ1v) is 4.53. The number of nitrogen functional groups attached to an aromatic ring is 1. The van der Waals surface area contributed by atoms with Gasteiger partial charge < -0.3 is 10.3 Å². The molecule has 0 fully saturated rings. The van der Waals surface area contributed by atoms with Crippen LogP contribution in [0.2, 0.25) is 0 Å². The summed E-state index contributed by atoms with van der Waals surface area (Å²) >= 11 is 0. The second-order valence-corrected chi connectivity index (χ2v) is 3.01. The molecule has 84 valence electrons. The molecule has 0 bridgehead atoms. The molecule has 0 radical (unpaired) electrons. The van der Waals surface area contributed by atoms with E-state index >= 15 is 0 Å². The van der Waals surface area contributed by atoms with Gasteiger partial charge in [0.15, 0.2) is 0 Å². The Morgan fingerprint density at radius 1 is 1.12 bits per heavy atom. The van der Waals surface area contributed by atoms with Gasteiger partial charge in [0.1, 0.15) is 5.69 Å². The van der Waals surface area contributed by atoms with Crippen LogP contribution in [0.4, 0.5) is 5.82 Å². The van der Waals surface area contributed by atoms with Crippen LogP contribution >= 0.6 is 0 Å². The van der Waals surface area contributed by atoms with Crippen molar-refractivity contribution in [2.45, 2.75) is 0 Å². The highest BCUT2D eigenvalue weighted by atomic mass is 16.6. The molecule has 9 nitrogen and oxygen atoms in total. The summed E-state index contributed by atoms with van der Waals surface area (Å²) in [6.45, 7) is 0. The average Bonchev–Trinajstić information content (AvgIpc) is 2.98. The maximum atomic E-state index is 5.50. The Balaban J connectivity index is 2.02. The van der Waals surface area contributed by atoms with Gasteiger partial charge in [0.2, 0.25) is 17.3 Å². The highest BCUT2D eigenvalue weighted by Crippen LogP contribution is 2.22. The van der Waals surface area contributed by atoms with E-state index in [-0.39, 0.29) is 23.2 Å². The van der Waals surface area contributed by atoms with Crippen molar-refractivity contribution < 1.29 is 9.15 Å². The summed E-state index contributed by atoms with van der Waals surface area (Å²) < 4.78 is 9.41. The fourth-order valence-electron chi connectivity index (χ4n) is 1.18. The van der Waals surface area contributed by atoms with Crippen molar-refractivity contribution >= 4 is 5.82 Å². The maximum absolute atomic E-state index is 5.50. The van der Waals surface area contributed by atoms with Gasteiger partial charge in [-0.3, -0.25) is 4.98 Å². The minimum absolute atomic E-state index is 0.0827. The van der Waals surface area contributed by atoms with Crippen molar-refractivity contribution in [3.8, 4) is 23.1 Å². The smallest absolute Gasteiger partial charge is 0.284 e. The van der Waals surface area contributed by atoms with Crippen LogP contribution in [0.5, 0.6) is 0 Å². The molecule has 0 saturated heterocycles. The van der Waals surface area contributed by atoms with E-state index in [1.54, 1.807) is 6.20 Å². The lowest BCUT2D eigenvalue weighted by Crippen LogP contribution is -1.89. The zero-order valence-corrected chi connectivity index (χ0v) is 8.31. The van der Waals surface area contributed by atoms with E-state index in [4.69, 9.17) is 10.3 Å². The lowest BCUT2D eigenvalue weighted by Gasteiger charge is -1.88. The molecule has 0 aliphatic heterocycles. The first-order valence-electron chi connectivity index (χ1n) is 4.53.